The molecule has 2 N–H and O–H groups in total. The third kappa shape index (κ3) is 4.60. The van der Waals surface area contributed by atoms with Crippen LogP contribution in [-0.2, 0) is 0 Å². The lowest BCUT2D eigenvalue weighted by atomic mass is 10.3. The Bertz CT molecular complexity index is 585. The average Bonchev–Trinajstić information content (AvgIpc) is 2.56. The van der Waals surface area contributed by atoms with Crippen molar-refractivity contribution in [3.63, 3.8) is 0 Å². The number of hydrogen-bond donors (Lipinski definition) is 2. The monoisotopic (exact) mass is 320 g/mol. The summed E-state index contributed by atoms with van der Waals surface area (Å²) in [6, 6.07) is 9.36. The standard InChI is InChI=1S/C17H20O6/c1-20-16-10-12(18)4-6-14(16)22-8-3-9-23-15-7-5-13(19)11-17(15)21-2/h4-7,10-11,18-19H,3,8-9H2,1-2H3. The second kappa shape index (κ2) is 8.03. The summed E-state index contributed by atoms with van der Waals surface area (Å²) in [5.41, 5.74) is 0. The molecule has 0 unspecified atom stereocenters. The van der Waals surface area contributed by atoms with Crippen LogP contribution in [0.5, 0.6) is 34.5 Å². The molecule has 0 heterocycles. The summed E-state index contributed by atoms with van der Waals surface area (Å²) in [6.45, 7) is 0.864. The molecular formula is C17H20O6. The van der Waals surface area contributed by atoms with E-state index in [2.05, 4.69) is 0 Å². The molecule has 0 bridgehead atoms. The Morgan fingerprint density at radius 1 is 0.696 bits per heavy atom. The van der Waals surface area contributed by atoms with E-state index in [0.717, 1.165) is 0 Å². The number of rotatable bonds is 8. The molecular weight excluding hydrogens is 300 g/mol. The minimum Gasteiger partial charge on any atom is -0.508 e. The van der Waals surface area contributed by atoms with Gasteiger partial charge in [-0.05, 0) is 24.3 Å². The molecule has 6 heteroatoms. The van der Waals surface area contributed by atoms with Crippen molar-refractivity contribution >= 4 is 0 Å². The van der Waals surface area contributed by atoms with Gasteiger partial charge in [0.25, 0.3) is 0 Å². The van der Waals surface area contributed by atoms with Crippen LogP contribution in [0.4, 0.5) is 0 Å². The molecule has 0 saturated carbocycles. The van der Waals surface area contributed by atoms with Crippen LogP contribution in [0.25, 0.3) is 0 Å². The van der Waals surface area contributed by atoms with Gasteiger partial charge in [-0.1, -0.05) is 0 Å². The van der Waals surface area contributed by atoms with Gasteiger partial charge in [0.2, 0.25) is 0 Å². The largest absolute Gasteiger partial charge is 0.508 e. The van der Waals surface area contributed by atoms with Gasteiger partial charge in [0.1, 0.15) is 11.5 Å². The highest BCUT2D eigenvalue weighted by Gasteiger charge is 2.07. The molecule has 6 nitrogen and oxygen atoms in total. The van der Waals surface area contributed by atoms with E-state index in [1.165, 1.54) is 38.5 Å². The van der Waals surface area contributed by atoms with Crippen LogP contribution in [0.3, 0.4) is 0 Å². The summed E-state index contributed by atoms with van der Waals surface area (Å²) < 4.78 is 21.5. The fourth-order valence-corrected chi connectivity index (χ4v) is 1.97. The molecule has 2 aromatic carbocycles. The van der Waals surface area contributed by atoms with E-state index in [0.29, 0.717) is 42.6 Å². The van der Waals surface area contributed by atoms with Gasteiger partial charge in [0.15, 0.2) is 23.0 Å². The van der Waals surface area contributed by atoms with Gasteiger partial charge in [-0.25, -0.2) is 0 Å². The van der Waals surface area contributed by atoms with Crippen LogP contribution in [0.1, 0.15) is 6.42 Å². The Morgan fingerprint density at radius 2 is 1.13 bits per heavy atom. The molecule has 0 aliphatic rings. The van der Waals surface area contributed by atoms with Gasteiger partial charge >= 0.3 is 0 Å². The van der Waals surface area contributed by atoms with Crippen molar-refractivity contribution in [1.29, 1.82) is 0 Å². The first kappa shape index (κ1) is 16.6. The fraction of sp³-hybridized carbons (Fsp3) is 0.294. The number of benzene rings is 2. The number of aromatic hydroxyl groups is 2. The molecule has 0 atom stereocenters. The molecule has 0 radical (unpaired) electrons. The van der Waals surface area contributed by atoms with Gasteiger partial charge in [0.05, 0.1) is 27.4 Å². The minimum atomic E-state index is 0.122. The predicted octanol–water partition coefficient (Wildman–Crippen LogP) is 2.96. The highest BCUT2D eigenvalue weighted by atomic mass is 16.5. The van der Waals surface area contributed by atoms with Gasteiger partial charge in [0, 0.05) is 18.6 Å². The van der Waals surface area contributed by atoms with Crippen molar-refractivity contribution in [2.24, 2.45) is 0 Å². The van der Waals surface area contributed by atoms with Crippen molar-refractivity contribution in [1.82, 2.24) is 0 Å². The molecule has 0 aromatic heterocycles. The zero-order chi connectivity index (χ0) is 16.7. The van der Waals surface area contributed by atoms with Gasteiger partial charge in [-0.3, -0.25) is 0 Å². The maximum Gasteiger partial charge on any atom is 0.164 e. The number of phenols is 2. The highest BCUT2D eigenvalue weighted by molar-refractivity contribution is 5.45. The lowest BCUT2D eigenvalue weighted by Crippen LogP contribution is -2.06. The van der Waals surface area contributed by atoms with Gasteiger partial charge in [-0.2, -0.15) is 0 Å². The maximum absolute atomic E-state index is 9.39. The highest BCUT2D eigenvalue weighted by Crippen LogP contribution is 2.31. The Kier molecular flexibility index (Phi) is 5.80. The molecule has 2 rings (SSSR count). The van der Waals surface area contributed by atoms with E-state index in [1.54, 1.807) is 12.1 Å². The molecule has 0 saturated heterocycles. The third-order valence-electron chi connectivity index (χ3n) is 3.10. The second-order valence-corrected chi connectivity index (χ2v) is 4.72. The molecule has 0 amide bonds. The zero-order valence-electron chi connectivity index (χ0n) is 13.1. The van der Waals surface area contributed by atoms with Crippen LogP contribution in [0.2, 0.25) is 0 Å². The van der Waals surface area contributed by atoms with Crippen LogP contribution in [-0.4, -0.2) is 37.6 Å². The Morgan fingerprint density at radius 3 is 1.52 bits per heavy atom. The SMILES string of the molecule is COc1cc(O)ccc1OCCCOc1ccc(O)cc1OC. The summed E-state index contributed by atoms with van der Waals surface area (Å²) in [7, 11) is 3.03. The van der Waals surface area contributed by atoms with Crippen LogP contribution < -0.4 is 18.9 Å². The third-order valence-corrected chi connectivity index (χ3v) is 3.10. The maximum atomic E-state index is 9.39. The molecule has 0 spiro atoms. The van der Waals surface area contributed by atoms with Gasteiger partial charge in [-0.15, -0.1) is 0 Å². The van der Waals surface area contributed by atoms with E-state index in [9.17, 15) is 10.2 Å². The van der Waals surface area contributed by atoms with E-state index in [-0.39, 0.29) is 11.5 Å². The lowest BCUT2D eigenvalue weighted by molar-refractivity contribution is 0.234. The van der Waals surface area contributed by atoms with E-state index in [4.69, 9.17) is 18.9 Å². The molecule has 23 heavy (non-hydrogen) atoms. The number of ether oxygens (including phenoxy) is 4. The topological polar surface area (TPSA) is 77.4 Å². The first-order valence-corrected chi connectivity index (χ1v) is 7.13. The van der Waals surface area contributed by atoms with E-state index in [1.807, 2.05) is 0 Å². The smallest absolute Gasteiger partial charge is 0.164 e. The summed E-state index contributed by atoms with van der Waals surface area (Å²) in [5, 5.41) is 18.8. The summed E-state index contributed by atoms with van der Waals surface area (Å²) >= 11 is 0. The lowest BCUT2D eigenvalue weighted by Gasteiger charge is -2.12. The van der Waals surface area contributed by atoms with E-state index >= 15 is 0 Å². The van der Waals surface area contributed by atoms with Crippen molar-refractivity contribution in [3.05, 3.63) is 36.4 Å². The van der Waals surface area contributed by atoms with Crippen molar-refractivity contribution in [2.75, 3.05) is 27.4 Å². The number of hydrogen-bond acceptors (Lipinski definition) is 6. The minimum absolute atomic E-state index is 0.122. The normalized spacial score (nSPS) is 10.2. The number of methoxy groups -OCH3 is 2. The molecule has 0 aliphatic heterocycles. The molecule has 0 fully saturated rings. The molecule has 2 aromatic rings. The number of phenolic OH excluding ortho intramolecular Hbond substituents is 2. The first-order chi connectivity index (χ1) is 11.1. The first-order valence-electron chi connectivity index (χ1n) is 7.13. The Hall–Kier alpha value is -2.76. The summed E-state index contributed by atoms with van der Waals surface area (Å²) in [6.07, 6.45) is 0.647. The molecule has 124 valence electrons. The van der Waals surface area contributed by atoms with Crippen LogP contribution in [0.15, 0.2) is 36.4 Å². The van der Waals surface area contributed by atoms with Crippen molar-refractivity contribution < 1.29 is 29.2 Å². The Labute approximate surface area is 134 Å². The molecule has 0 aliphatic carbocycles. The van der Waals surface area contributed by atoms with Gasteiger partial charge < -0.3 is 29.2 Å². The van der Waals surface area contributed by atoms with Crippen molar-refractivity contribution in [2.45, 2.75) is 6.42 Å². The average molecular weight is 320 g/mol. The summed E-state index contributed by atoms with van der Waals surface area (Å²) in [5.74, 6) is 2.33. The summed E-state index contributed by atoms with van der Waals surface area (Å²) in [4.78, 5) is 0. The zero-order valence-corrected chi connectivity index (χ0v) is 13.1. The van der Waals surface area contributed by atoms with Crippen molar-refractivity contribution in [3.8, 4) is 34.5 Å². The van der Waals surface area contributed by atoms with Crippen LogP contribution >= 0.6 is 0 Å². The van der Waals surface area contributed by atoms with E-state index < -0.39 is 0 Å². The second-order valence-electron chi connectivity index (χ2n) is 4.72. The fourth-order valence-electron chi connectivity index (χ4n) is 1.97. The Balaban J connectivity index is 1.80. The quantitative estimate of drug-likeness (QED) is 0.728. The van der Waals surface area contributed by atoms with Crippen LogP contribution in [0, 0.1) is 0 Å². The predicted molar refractivity (Wildman–Crippen MR) is 84.9 cm³/mol.